The van der Waals surface area contributed by atoms with Crippen molar-refractivity contribution in [3.05, 3.63) is 106 Å². The van der Waals surface area contributed by atoms with E-state index in [0.717, 1.165) is 21.2 Å². The Balaban J connectivity index is 1.67. The molecule has 0 amide bonds. The molecule has 0 radical (unpaired) electrons. The molecule has 3 aromatic rings. The minimum Gasteiger partial charge on any atom is -0.488 e. The number of rotatable bonds is 5. The second-order valence-electron chi connectivity index (χ2n) is 6.20. The zero-order chi connectivity index (χ0) is 19.3. The zero-order valence-electron chi connectivity index (χ0n) is 14.8. The molecule has 28 heavy (non-hydrogen) atoms. The summed E-state index contributed by atoms with van der Waals surface area (Å²) < 4.78 is 6.89. The molecule has 0 atom stereocenters. The highest BCUT2D eigenvalue weighted by molar-refractivity contribution is 9.10. The van der Waals surface area contributed by atoms with E-state index < -0.39 is 5.97 Å². The standard InChI is InChI=1S/C23H16BrNO3/c24-19-11-12-21(27-15-16-7-3-1-4-8-16)18(13-19)14-20-22(25-28-23(20)26)17-9-5-2-6-10-17/h1-14H,15H2/b20-14-. The van der Waals surface area contributed by atoms with Crippen LogP contribution in [0.15, 0.2) is 94.1 Å². The molecule has 0 aromatic heterocycles. The maximum atomic E-state index is 12.3. The van der Waals surface area contributed by atoms with Crippen LogP contribution in [-0.4, -0.2) is 11.7 Å². The minimum atomic E-state index is -0.479. The minimum absolute atomic E-state index is 0.397. The fourth-order valence-corrected chi connectivity index (χ4v) is 3.25. The van der Waals surface area contributed by atoms with Crippen LogP contribution >= 0.6 is 15.9 Å². The zero-order valence-corrected chi connectivity index (χ0v) is 16.4. The van der Waals surface area contributed by atoms with Crippen LogP contribution in [0.4, 0.5) is 0 Å². The van der Waals surface area contributed by atoms with Gasteiger partial charge < -0.3 is 9.57 Å². The second kappa shape index (κ2) is 8.23. The average molecular weight is 434 g/mol. The van der Waals surface area contributed by atoms with Crippen LogP contribution in [0, 0.1) is 0 Å². The lowest BCUT2D eigenvalue weighted by molar-refractivity contribution is -0.136. The topological polar surface area (TPSA) is 47.9 Å². The van der Waals surface area contributed by atoms with Crippen LogP contribution in [0.25, 0.3) is 6.08 Å². The van der Waals surface area contributed by atoms with E-state index in [1.165, 1.54) is 0 Å². The Kier molecular flexibility index (Phi) is 5.35. The lowest BCUT2D eigenvalue weighted by Crippen LogP contribution is -2.07. The maximum Gasteiger partial charge on any atom is 0.368 e. The molecule has 0 fully saturated rings. The molecule has 0 N–H and O–H groups in total. The van der Waals surface area contributed by atoms with E-state index >= 15 is 0 Å². The molecule has 1 aliphatic heterocycles. The summed E-state index contributed by atoms with van der Waals surface area (Å²) in [7, 11) is 0. The first-order chi connectivity index (χ1) is 13.7. The number of benzene rings is 3. The largest absolute Gasteiger partial charge is 0.488 e. The molecule has 0 spiro atoms. The van der Waals surface area contributed by atoms with Crippen molar-refractivity contribution in [1.29, 1.82) is 0 Å². The van der Waals surface area contributed by atoms with Gasteiger partial charge in [-0.25, -0.2) is 4.79 Å². The van der Waals surface area contributed by atoms with Gasteiger partial charge in [-0.2, -0.15) is 0 Å². The molecular weight excluding hydrogens is 418 g/mol. The molecule has 3 aromatic carbocycles. The first-order valence-electron chi connectivity index (χ1n) is 8.74. The van der Waals surface area contributed by atoms with Gasteiger partial charge in [0.25, 0.3) is 0 Å². The molecule has 0 unspecified atom stereocenters. The number of halogens is 1. The van der Waals surface area contributed by atoms with E-state index in [9.17, 15) is 4.79 Å². The van der Waals surface area contributed by atoms with E-state index in [1.807, 2.05) is 78.9 Å². The Morgan fingerprint density at radius 1 is 0.964 bits per heavy atom. The van der Waals surface area contributed by atoms with Gasteiger partial charge in [0.2, 0.25) is 0 Å². The van der Waals surface area contributed by atoms with Crippen LogP contribution in [-0.2, 0) is 16.2 Å². The normalized spacial score (nSPS) is 14.7. The molecule has 1 heterocycles. The Hall–Kier alpha value is -3.18. The van der Waals surface area contributed by atoms with Gasteiger partial charge in [0.15, 0.2) is 0 Å². The highest BCUT2D eigenvalue weighted by Gasteiger charge is 2.27. The van der Waals surface area contributed by atoms with Crippen LogP contribution in [0.3, 0.4) is 0 Å². The molecule has 0 aliphatic carbocycles. The molecule has 0 saturated carbocycles. The van der Waals surface area contributed by atoms with Gasteiger partial charge in [0.1, 0.15) is 18.1 Å². The van der Waals surface area contributed by atoms with E-state index in [1.54, 1.807) is 6.08 Å². The highest BCUT2D eigenvalue weighted by Crippen LogP contribution is 2.29. The SMILES string of the molecule is O=C1ON=C(c2ccccc2)/C1=C/c1cc(Br)ccc1OCc1ccccc1. The van der Waals surface area contributed by atoms with E-state index in [4.69, 9.17) is 9.57 Å². The molecular formula is C23H16BrNO3. The monoisotopic (exact) mass is 433 g/mol. The summed E-state index contributed by atoms with van der Waals surface area (Å²) in [5, 5.41) is 3.96. The predicted molar refractivity (Wildman–Crippen MR) is 112 cm³/mol. The Labute approximate surface area is 171 Å². The molecule has 4 nitrogen and oxygen atoms in total. The number of carbonyl (C=O) groups excluding carboxylic acids is 1. The third-order valence-corrected chi connectivity index (χ3v) is 4.74. The van der Waals surface area contributed by atoms with Crippen LogP contribution in [0.5, 0.6) is 5.75 Å². The van der Waals surface area contributed by atoms with E-state index in [-0.39, 0.29) is 0 Å². The Morgan fingerprint density at radius 2 is 1.68 bits per heavy atom. The van der Waals surface area contributed by atoms with Gasteiger partial charge in [-0.3, -0.25) is 0 Å². The lowest BCUT2D eigenvalue weighted by atomic mass is 10.0. The third kappa shape index (κ3) is 4.05. The second-order valence-corrected chi connectivity index (χ2v) is 7.11. The predicted octanol–water partition coefficient (Wildman–Crippen LogP) is 5.37. The number of hydrogen-bond donors (Lipinski definition) is 0. The van der Waals surface area contributed by atoms with Crippen molar-refractivity contribution in [2.24, 2.45) is 5.16 Å². The van der Waals surface area contributed by atoms with Crippen molar-refractivity contribution in [3.63, 3.8) is 0 Å². The van der Waals surface area contributed by atoms with Crippen molar-refractivity contribution < 1.29 is 14.4 Å². The number of ether oxygens (including phenoxy) is 1. The Morgan fingerprint density at radius 3 is 2.43 bits per heavy atom. The summed E-state index contributed by atoms with van der Waals surface area (Å²) in [6.07, 6.45) is 1.76. The van der Waals surface area contributed by atoms with E-state index in [2.05, 4.69) is 21.1 Å². The van der Waals surface area contributed by atoms with E-state index in [0.29, 0.717) is 23.6 Å². The summed E-state index contributed by atoms with van der Waals surface area (Å²) in [4.78, 5) is 17.2. The van der Waals surface area contributed by atoms with Gasteiger partial charge in [0, 0.05) is 15.6 Å². The molecule has 5 heteroatoms. The maximum absolute atomic E-state index is 12.3. The number of nitrogens with zero attached hydrogens (tertiary/aromatic N) is 1. The van der Waals surface area contributed by atoms with Crippen molar-refractivity contribution in [2.45, 2.75) is 6.61 Å². The van der Waals surface area contributed by atoms with Crippen molar-refractivity contribution >= 4 is 33.7 Å². The van der Waals surface area contributed by atoms with Gasteiger partial charge in [0.05, 0.1) is 5.57 Å². The first kappa shape index (κ1) is 18.2. The molecule has 1 aliphatic rings. The fourth-order valence-electron chi connectivity index (χ4n) is 2.87. The summed E-state index contributed by atoms with van der Waals surface area (Å²) in [6.45, 7) is 0.433. The van der Waals surface area contributed by atoms with Crippen LogP contribution in [0.1, 0.15) is 16.7 Å². The number of oxime groups is 1. The fraction of sp³-hybridized carbons (Fsp3) is 0.0435. The molecule has 138 valence electrons. The first-order valence-corrected chi connectivity index (χ1v) is 9.53. The van der Waals surface area contributed by atoms with Crippen LogP contribution in [0.2, 0.25) is 0 Å². The van der Waals surface area contributed by atoms with Crippen LogP contribution < -0.4 is 4.74 Å². The summed E-state index contributed by atoms with van der Waals surface area (Å²) in [6, 6.07) is 25.1. The molecule has 4 rings (SSSR count). The third-order valence-electron chi connectivity index (χ3n) is 4.25. The summed E-state index contributed by atoms with van der Waals surface area (Å²) in [5.41, 5.74) is 3.56. The quantitative estimate of drug-likeness (QED) is 0.401. The van der Waals surface area contributed by atoms with Crippen molar-refractivity contribution in [1.82, 2.24) is 0 Å². The van der Waals surface area contributed by atoms with Gasteiger partial charge in [-0.05, 0) is 29.8 Å². The summed E-state index contributed by atoms with van der Waals surface area (Å²) in [5.74, 6) is 0.194. The summed E-state index contributed by atoms with van der Waals surface area (Å²) >= 11 is 3.49. The van der Waals surface area contributed by atoms with Crippen molar-refractivity contribution in [2.75, 3.05) is 0 Å². The molecule has 0 bridgehead atoms. The number of hydrogen-bond acceptors (Lipinski definition) is 4. The lowest BCUT2D eigenvalue weighted by Gasteiger charge is -2.11. The highest BCUT2D eigenvalue weighted by atomic mass is 79.9. The smallest absolute Gasteiger partial charge is 0.368 e. The molecule has 0 saturated heterocycles. The van der Waals surface area contributed by atoms with Gasteiger partial charge in [-0.1, -0.05) is 81.7 Å². The van der Waals surface area contributed by atoms with Gasteiger partial charge in [-0.15, -0.1) is 0 Å². The number of carbonyl (C=O) groups is 1. The average Bonchev–Trinajstić information content (AvgIpc) is 3.09. The Bertz CT molecular complexity index is 1060. The van der Waals surface area contributed by atoms with Gasteiger partial charge >= 0.3 is 5.97 Å². The van der Waals surface area contributed by atoms with Crippen molar-refractivity contribution in [3.8, 4) is 5.75 Å².